The van der Waals surface area contributed by atoms with E-state index >= 15 is 0 Å². The molecule has 0 saturated carbocycles. The molecule has 2 rings (SSSR count). The van der Waals surface area contributed by atoms with Crippen LogP contribution in [-0.2, 0) is 6.18 Å². The highest BCUT2D eigenvalue weighted by atomic mass is 32.2. The Morgan fingerprint density at radius 2 is 1.68 bits per heavy atom. The average Bonchev–Trinajstić information content (AvgIpc) is 2.41. The molecule has 1 aromatic carbocycles. The first kappa shape index (κ1) is 16.2. The molecule has 1 nitrogen and oxygen atoms in total. The Morgan fingerprint density at radius 1 is 1.11 bits per heavy atom. The van der Waals surface area contributed by atoms with E-state index in [1.807, 2.05) is 30.5 Å². The lowest BCUT2D eigenvalue weighted by atomic mass is 10.1. The number of thioether (sulfide) groups is 1. The summed E-state index contributed by atoms with van der Waals surface area (Å²) in [6.45, 7) is 7.15. The van der Waals surface area contributed by atoms with Crippen molar-refractivity contribution in [3.63, 3.8) is 0 Å². The topological polar surface area (TPSA) is 3.24 Å². The zero-order chi connectivity index (χ0) is 14.5. The van der Waals surface area contributed by atoms with Crippen molar-refractivity contribution < 1.29 is 13.2 Å². The molecule has 1 saturated heterocycles. The summed E-state index contributed by atoms with van der Waals surface area (Å²) in [5.41, 5.74) is 0.448. The highest BCUT2D eigenvalue weighted by Crippen LogP contribution is 2.34. The van der Waals surface area contributed by atoms with Crippen LogP contribution in [0.5, 0.6) is 0 Å². The number of hydrogen-bond acceptors (Lipinski definition) is 2. The van der Waals surface area contributed by atoms with E-state index in [9.17, 15) is 13.2 Å². The molecule has 0 spiro atoms. The first-order valence-electron chi connectivity index (χ1n) is 6.49. The molecule has 0 amide bonds. The Balaban J connectivity index is 0.000000861. The molecule has 1 heterocycles. The molecule has 0 radical (unpaired) electrons. The summed E-state index contributed by atoms with van der Waals surface area (Å²) in [5.74, 6) is 1.96. The van der Waals surface area contributed by atoms with Gasteiger partial charge in [0.15, 0.2) is 0 Å². The summed E-state index contributed by atoms with van der Waals surface area (Å²) in [5, 5.41) is 0. The van der Waals surface area contributed by atoms with Gasteiger partial charge in [-0.05, 0) is 24.6 Å². The van der Waals surface area contributed by atoms with Crippen LogP contribution in [0.25, 0.3) is 0 Å². The van der Waals surface area contributed by atoms with Gasteiger partial charge in [0.2, 0.25) is 0 Å². The SMILES string of the molecule is CC.Cc1ccc(N2CCSCC2)cc1C(F)(F)F. The minimum Gasteiger partial charge on any atom is -0.370 e. The molecule has 0 bridgehead atoms. The van der Waals surface area contributed by atoms with Gasteiger partial charge in [0.1, 0.15) is 0 Å². The van der Waals surface area contributed by atoms with E-state index in [1.165, 1.54) is 13.0 Å². The van der Waals surface area contributed by atoms with Crippen molar-refractivity contribution in [2.75, 3.05) is 29.5 Å². The minimum atomic E-state index is -4.26. The van der Waals surface area contributed by atoms with Gasteiger partial charge >= 0.3 is 6.18 Å². The van der Waals surface area contributed by atoms with Crippen LogP contribution in [0.3, 0.4) is 0 Å². The number of hydrogen-bond donors (Lipinski definition) is 0. The third kappa shape index (κ3) is 4.34. The zero-order valence-electron chi connectivity index (χ0n) is 11.5. The van der Waals surface area contributed by atoms with Gasteiger partial charge in [-0.3, -0.25) is 0 Å². The molecule has 0 unspecified atom stereocenters. The Labute approximate surface area is 117 Å². The van der Waals surface area contributed by atoms with Gasteiger partial charge in [-0.25, -0.2) is 0 Å². The molecule has 0 aromatic heterocycles. The van der Waals surface area contributed by atoms with Crippen molar-refractivity contribution in [1.82, 2.24) is 0 Å². The Kier molecular flexibility index (Phi) is 6.04. The quantitative estimate of drug-likeness (QED) is 0.744. The molecule has 0 atom stereocenters. The summed E-state index contributed by atoms with van der Waals surface area (Å²) in [4.78, 5) is 2.02. The fraction of sp³-hybridized carbons (Fsp3) is 0.571. The van der Waals surface area contributed by atoms with E-state index < -0.39 is 11.7 Å². The fourth-order valence-electron chi connectivity index (χ4n) is 1.93. The van der Waals surface area contributed by atoms with Gasteiger partial charge in [-0.2, -0.15) is 24.9 Å². The van der Waals surface area contributed by atoms with Crippen molar-refractivity contribution in [2.24, 2.45) is 0 Å². The van der Waals surface area contributed by atoms with E-state index in [0.29, 0.717) is 5.69 Å². The highest BCUT2D eigenvalue weighted by molar-refractivity contribution is 7.99. The van der Waals surface area contributed by atoms with Crippen molar-refractivity contribution in [2.45, 2.75) is 26.9 Å². The maximum atomic E-state index is 12.8. The zero-order valence-corrected chi connectivity index (χ0v) is 12.4. The number of alkyl halides is 3. The second kappa shape index (κ2) is 7.08. The molecular weight excluding hydrogens is 271 g/mol. The van der Waals surface area contributed by atoms with Gasteiger partial charge in [0, 0.05) is 30.3 Å². The smallest absolute Gasteiger partial charge is 0.370 e. The summed E-state index contributed by atoms with van der Waals surface area (Å²) >= 11 is 1.84. The summed E-state index contributed by atoms with van der Waals surface area (Å²) in [6, 6.07) is 4.60. The monoisotopic (exact) mass is 291 g/mol. The Hall–Kier alpha value is -0.840. The summed E-state index contributed by atoms with van der Waals surface area (Å²) < 4.78 is 38.3. The number of nitrogens with zero attached hydrogens (tertiary/aromatic N) is 1. The number of benzene rings is 1. The maximum absolute atomic E-state index is 12.8. The van der Waals surface area contributed by atoms with Crippen molar-refractivity contribution in [3.8, 4) is 0 Å². The largest absolute Gasteiger partial charge is 0.416 e. The molecule has 19 heavy (non-hydrogen) atoms. The lowest BCUT2D eigenvalue weighted by Gasteiger charge is -2.29. The third-order valence-electron chi connectivity index (χ3n) is 2.90. The maximum Gasteiger partial charge on any atom is 0.416 e. The van der Waals surface area contributed by atoms with Crippen LogP contribution in [-0.4, -0.2) is 24.6 Å². The highest BCUT2D eigenvalue weighted by Gasteiger charge is 2.32. The van der Waals surface area contributed by atoms with Crippen LogP contribution in [0, 0.1) is 6.92 Å². The van der Waals surface area contributed by atoms with Crippen LogP contribution in [0.4, 0.5) is 18.9 Å². The van der Waals surface area contributed by atoms with E-state index in [4.69, 9.17) is 0 Å². The predicted molar refractivity (Wildman–Crippen MR) is 77.1 cm³/mol. The van der Waals surface area contributed by atoms with Crippen LogP contribution < -0.4 is 4.90 Å². The summed E-state index contributed by atoms with van der Waals surface area (Å²) in [7, 11) is 0. The van der Waals surface area contributed by atoms with Gasteiger partial charge in [-0.15, -0.1) is 0 Å². The number of halogens is 3. The predicted octanol–water partition coefficient (Wildman–Crippen LogP) is 4.59. The molecule has 1 aromatic rings. The van der Waals surface area contributed by atoms with Crippen LogP contribution in [0.1, 0.15) is 25.0 Å². The first-order valence-corrected chi connectivity index (χ1v) is 7.64. The van der Waals surface area contributed by atoms with Crippen LogP contribution >= 0.6 is 11.8 Å². The van der Waals surface area contributed by atoms with E-state index in [1.54, 1.807) is 12.1 Å². The van der Waals surface area contributed by atoms with E-state index in [2.05, 4.69) is 0 Å². The molecule has 108 valence electrons. The molecule has 1 fully saturated rings. The Bertz CT molecular complexity index is 398. The van der Waals surface area contributed by atoms with Gasteiger partial charge in [-0.1, -0.05) is 19.9 Å². The van der Waals surface area contributed by atoms with Gasteiger partial charge in [0.25, 0.3) is 0 Å². The standard InChI is InChI=1S/C12H14F3NS.C2H6/c1-9-2-3-10(8-11(9)12(13,14)15)16-4-6-17-7-5-16;1-2/h2-3,8H,4-7H2,1H3;1-2H3. The number of anilines is 1. The number of rotatable bonds is 1. The van der Waals surface area contributed by atoms with E-state index in [0.717, 1.165) is 24.6 Å². The molecular formula is C14H20F3NS. The van der Waals surface area contributed by atoms with Crippen LogP contribution in [0.15, 0.2) is 18.2 Å². The van der Waals surface area contributed by atoms with Crippen LogP contribution in [0.2, 0.25) is 0 Å². The molecule has 0 N–H and O–H groups in total. The molecule has 5 heteroatoms. The second-order valence-corrected chi connectivity index (χ2v) is 5.32. The van der Waals surface area contributed by atoms with Crippen molar-refractivity contribution in [3.05, 3.63) is 29.3 Å². The third-order valence-corrected chi connectivity index (χ3v) is 3.85. The summed E-state index contributed by atoms with van der Waals surface area (Å²) in [6.07, 6.45) is -4.26. The lowest BCUT2D eigenvalue weighted by molar-refractivity contribution is -0.138. The second-order valence-electron chi connectivity index (χ2n) is 4.10. The Morgan fingerprint density at radius 3 is 2.21 bits per heavy atom. The average molecular weight is 291 g/mol. The first-order chi connectivity index (χ1) is 8.98. The van der Waals surface area contributed by atoms with E-state index in [-0.39, 0.29) is 5.56 Å². The normalized spacial score (nSPS) is 15.8. The molecule has 0 aliphatic carbocycles. The van der Waals surface area contributed by atoms with Gasteiger partial charge < -0.3 is 4.90 Å². The van der Waals surface area contributed by atoms with Crippen molar-refractivity contribution in [1.29, 1.82) is 0 Å². The minimum absolute atomic E-state index is 0.285. The lowest BCUT2D eigenvalue weighted by Crippen LogP contribution is -2.32. The van der Waals surface area contributed by atoms with Gasteiger partial charge in [0.05, 0.1) is 5.56 Å². The van der Waals surface area contributed by atoms with Crippen molar-refractivity contribution >= 4 is 17.4 Å². The number of aryl methyl sites for hydroxylation is 1. The molecule has 1 aliphatic rings. The molecule has 1 aliphatic heterocycles. The fourth-order valence-corrected chi connectivity index (χ4v) is 2.84.